The second kappa shape index (κ2) is 6.76. The van der Waals surface area contributed by atoms with Gasteiger partial charge in [-0.05, 0) is 56.2 Å². The first-order valence-corrected chi connectivity index (χ1v) is 7.51. The van der Waals surface area contributed by atoms with Gasteiger partial charge >= 0.3 is 0 Å². The van der Waals surface area contributed by atoms with Crippen LogP contribution in [-0.2, 0) is 4.79 Å². The molecule has 0 unspecified atom stereocenters. The van der Waals surface area contributed by atoms with E-state index in [-0.39, 0.29) is 12.5 Å². The van der Waals surface area contributed by atoms with Gasteiger partial charge in [0.1, 0.15) is 5.75 Å². The molecule has 0 spiro atoms. The Hall–Kier alpha value is -1.81. The zero-order valence-electron chi connectivity index (χ0n) is 12.4. The van der Waals surface area contributed by atoms with Crippen LogP contribution in [0.1, 0.15) is 16.7 Å². The standard InChI is InChI=1S/C17H18BrNO2/c1-11-4-6-14(7-5-11)19-16(20)10-21-15-8-12(2)17(18)13(3)9-15/h4-9H,10H2,1-3H3,(H,19,20). The van der Waals surface area contributed by atoms with Crippen LogP contribution in [0.4, 0.5) is 5.69 Å². The molecule has 0 aliphatic carbocycles. The third-order valence-corrected chi connectivity index (χ3v) is 4.37. The summed E-state index contributed by atoms with van der Waals surface area (Å²) in [6, 6.07) is 11.5. The Labute approximate surface area is 133 Å². The summed E-state index contributed by atoms with van der Waals surface area (Å²) in [6.07, 6.45) is 0. The Balaban J connectivity index is 1.93. The SMILES string of the molecule is Cc1ccc(NC(=O)COc2cc(C)c(Br)c(C)c2)cc1. The van der Waals surface area contributed by atoms with Crippen LogP contribution < -0.4 is 10.1 Å². The van der Waals surface area contributed by atoms with Gasteiger partial charge in [-0.3, -0.25) is 4.79 Å². The molecule has 0 radical (unpaired) electrons. The number of halogens is 1. The van der Waals surface area contributed by atoms with Gasteiger partial charge in [-0.1, -0.05) is 33.6 Å². The third kappa shape index (κ3) is 4.33. The highest BCUT2D eigenvalue weighted by atomic mass is 79.9. The van der Waals surface area contributed by atoms with Crippen molar-refractivity contribution in [2.75, 3.05) is 11.9 Å². The van der Waals surface area contributed by atoms with E-state index in [1.54, 1.807) is 0 Å². The number of amides is 1. The summed E-state index contributed by atoms with van der Waals surface area (Å²) in [4.78, 5) is 11.9. The summed E-state index contributed by atoms with van der Waals surface area (Å²) >= 11 is 3.51. The van der Waals surface area contributed by atoms with Crippen LogP contribution in [0, 0.1) is 20.8 Å². The molecule has 0 saturated carbocycles. The predicted octanol–water partition coefficient (Wildman–Crippen LogP) is 4.39. The van der Waals surface area contributed by atoms with E-state index < -0.39 is 0 Å². The zero-order valence-corrected chi connectivity index (χ0v) is 14.0. The summed E-state index contributed by atoms with van der Waals surface area (Å²) < 4.78 is 6.62. The Morgan fingerprint density at radius 1 is 1.10 bits per heavy atom. The number of hydrogen-bond donors (Lipinski definition) is 1. The topological polar surface area (TPSA) is 38.3 Å². The molecule has 2 rings (SSSR count). The molecule has 21 heavy (non-hydrogen) atoms. The average molecular weight is 348 g/mol. The summed E-state index contributed by atoms with van der Waals surface area (Å²) in [6.45, 7) is 5.99. The molecule has 2 aromatic rings. The number of ether oxygens (including phenoxy) is 1. The molecular formula is C17H18BrNO2. The Morgan fingerprint density at radius 3 is 2.24 bits per heavy atom. The van der Waals surface area contributed by atoms with E-state index in [4.69, 9.17) is 4.74 Å². The second-order valence-electron chi connectivity index (χ2n) is 5.07. The van der Waals surface area contributed by atoms with Crippen LogP contribution in [0.2, 0.25) is 0 Å². The Morgan fingerprint density at radius 2 is 1.67 bits per heavy atom. The molecule has 1 amide bonds. The molecule has 4 heteroatoms. The highest BCUT2D eigenvalue weighted by Crippen LogP contribution is 2.26. The second-order valence-corrected chi connectivity index (χ2v) is 5.87. The minimum absolute atomic E-state index is 0.00557. The van der Waals surface area contributed by atoms with Crippen molar-refractivity contribution >= 4 is 27.5 Å². The fourth-order valence-corrected chi connectivity index (χ4v) is 2.20. The molecule has 2 aromatic carbocycles. The Kier molecular flexibility index (Phi) is 5.02. The van der Waals surface area contributed by atoms with Crippen molar-refractivity contribution in [2.45, 2.75) is 20.8 Å². The molecule has 0 aliphatic heterocycles. The van der Waals surface area contributed by atoms with Crippen molar-refractivity contribution in [2.24, 2.45) is 0 Å². The monoisotopic (exact) mass is 347 g/mol. The largest absolute Gasteiger partial charge is 0.484 e. The lowest BCUT2D eigenvalue weighted by Crippen LogP contribution is -2.20. The minimum atomic E-state index is -0.169. The molecular weight excluding hydrogens is 330 g/mol. The molecule has 1 N–H and O–H groups in total. The molecule has 0 bridgehead atoms. The van der Waals surface area contributed by atoms with Crippen LogP contribution in [0.5, 0.6) is 5.75 Å². The fourth-order valence-electron chi connectivity index (χ4n) is 1.97. The van der Waals surface area contributed by atoms with Gasteiger partial charge in [-0.25, -0.2) is 0 Å². The number of rotatable bonds is 4. The number of hydrogen-bond acceptors (Lipinski definition) is 2. The number of nitrogens with one attached hydrogen (secondary N) is 1. The predicted molar refractivity (Wildman–Crippen MR) is 88.9 cm³/mol. The van der Waals surface area contributed by atoms with Gasteiger partial charge in [0, 0.05) is 10.2 Å². The summed E-state index contributed by atoms with van der Waals surface area (Å²) in [7, 11) is 0. The molecule has 0 aromatic heterocycles. The van der Waals surface area contributed by atoms with E-state index in [0.717, 1.165) is 26.9 Å². The van der Waals surface area contributed by atoms with Crippen molar-refractivity contribution in [1.82, 2.24) is 0 Å². The highest BCUT2D eigenvalue weighted by molar-refractivity contribution is 9.10. The molecule has 0 fully saturated rings. The lowest BCUT2D eigenvalue weighted by molar-refractivity contribution is -0.118. The van der Waals surface area contributed by atoms with Crippen molar-refractivity contribution in [3.63, 3.8) is 0 Å². The number of benzene rings is 2. The van der Waals surface area contributed by atoms with Gasteiger partial charge < -0.3 is 10.1 Å². The average Bonchev–Trinajstić information content (AvgIpc) is 2.45. The van der Waals surface area contributed by atoms with Gasteiger partial charge in [0.05, 0.1) is 0 Å². The van der Waals surface area contributed by atoms with Crippen molar-refractivity contribution in [1.29, 1.82) is 0 Å². The zero-order chi connectivity index (χ0) is 15.4. The lowest BCUT2D eigenvalue weighted by Gasteiger charge is -2.10. The molecule has 110 valence electrons. The van der Waals surface area contributed by atoms with Crippen LogP contribution in [0.3, 0.4) is 0 Å². The van der Waals surface area contributed by atoms with Crippen molar-refractivity contribution in [3.8, 4) is 5.75 Å². The van der Waals surface area contributed by atoms with E-state index >= 15 is 0 Å². The quantitative estimate of drug-likeness (QED) is 0.890. The van der Waals surface area contributed by atoms with E-state index in [9.17, 15) is 4.79 Å². The third-order valence-electron chi connectivity index (χ3n) is 3.12. The van der Waals surface area contributed by atoms with Gasteiger partial charge in [0.15, 0.2) is 6.61 Å². The van der Waals surface area contributed by atoms with E-state index in [1.807, 2.05) is 57.2 Å². The molecule has 0 atom stereocenters. The molecule has 0 saturated heterocycles. The van der Waals surface area contributed by atoms with Crippen molar-refractivity contribution in [3.05, 3.63) is 57.6 Å². The number of carbonyl (C=O) groups is 1. The first kappa shape index (κ1) is 15.6. The number of aryl methyl sites for hydroxylation is 3. The maximum atomic E-state index is 11.9. The first-order chi connectivity index (χ1) is 9.95. The molecule has 0 heterocycles. The van der Waals surface area contributed by atoms with Gasteiger partial charge in [0.25, 0.3) is 5.91 Å². The van der Waals surface area contributed by atoms with Crippen LogP contribution in [0.25, 0.3) is 0 Å². The fraction of sp³-hybridized carbons (Fsp3) is 0.235. The van der Waals surface area contributed by atoms with Gasteiger partial charge in [-0.15, -0.1) is 0 Å². The lowest BCUT2D eigenvalue weighted by atomic mass is 10.1. The van der Waals surface area contributed by atoms with Gasteiger partial charge in [-0.2, -0.15) is 0 Å². The maximum absolute atomic E-state index is 11.9. The maximum Gasteiger partial charge on any atom is 0.262 e. The van der Waals surface area contributed by atoms with E-state index in [0.29, 0.717) is 5.75 Å². The molecule has 0 aliphatic rings. The minimum Gasteiger partial charge on any atom is -0.484 e. The number of carbonyl (C=O) groups excluding carboxylic acids is 1. The Bertz CT molecular complexity index is 627. The van der Waals surface area contributed by atoms with Crippen LogP contribution >= 0.6 is 15.9 Å². The smallest absolute Gasteiger partial charge is 0.262 e. The number of anilines is 1. The summed E-state index contributed by atoms with van der Waals surface area (Å²) in [5, 5.41) is 2.81. The van der Waals surface area contributed by atoms with Crippen LogP contribution in [-0.4, -0.2) is 12.5 Å². The normalized spacial score (nSPS) is 10.3. The van der Waals surface area contributed by atoms with Crippen LogP contribution in [0.15, 0.2) is 40.9 Å². The summed E-state index contributed by atoms with van der Waals surface area (Å²) in [5.74, 6) is 0.532. The first-order valence-electron chi connectivity index (χ1n) is 6.72. The van der Waals surface area contributed by atoms with E-state index in [1.165, 1.54) is 0 Å². The van der Waals surface area contributed by atoms with E-state index in [2.05, 4.69) is 21.2 Å². The highest BCUT2D eigenvalue weighted by Gasteiger charge is 2.06. The van der Waals surface area contributed by atoms with Crippen molar-refractivity contribution < 1.29 is 9.53 Å². The van der Waals surface area contributed by atoms with Gasteiger partial charge in [0.2, 0.25) is 0 Å². The summed E-state index contributed by atoms with van der Waals surface area (Å²) in [5.41, 5.74) is 4.11. The molecule has 3 nitrogen and oxygen atoms in total.